The third kappa shape index (κ3) is 1.84. The van der Waals surface area contributed by atoms with Gasteiger partial charge in [-0.1, -0.05) is 24.3 Å². The van der Waals surface area contributed by atoms with Crippen molar-refractivity contribution >= 4 is 5.91 Å². The third-order valence-electron chi connectivity index (χ3n) is 3.79. The van der Waals surface area contributed by atoms with Gasteiger partial charge in [-0.3, -0.25) is 4.79 Å². The smallest absolute Gasteiger partial charge is 0.244 e. The Labute approximate surface area is 102 Å². The maximum Gasteiger partial charge on any atom is 0.244 e. The molecule has 1 aromatic carbocycles. The predicted octanol–water partition coefficient (Wildman–Crippen LogP) is 1.49. The summed E-state index contributed by atoms with van der Waals surface area (Å²) in [6, 6.07) is 8.64. The molecular formula is C14H18N2O. The van der Waals surface area contributed by atoms with E-state index in [0.29, 0.717) is 6.04 Å². The number of nitrogens with zero attached hydrogens (tertiary/aromatic N) is 1. The van der Waals surface area contributed by atoms with Crippen LogP contribution in [0.5, 0.6) is 0 Å². The average molecular weight is 230 g/mol. The first-order valence-corrected chi connectivity index (χ1v) is 6.37. The van der Waals surface area contributed by atoms with Gasteiger partial charge in [-0.2, -0.15) is 0 Å². The molecule has 0 radical (unpaired) electrons. The van der Waals surface area contributed by atoms with E-state index in [4.69, 9.17) is 0 Å². The topological polar surface area (TPSA) is 32.3 Å². The van der Waals surface area contributed by atoms with Crippen LogP contribution in [0.2, 0.25) is 0 Å². The van der Waals surface area contributed by atoms with Crippen molar-refractivity contribution < 1.29 is 4.79 Å². The van der Waals surface area contributed by atoms with E-state index < -0.39 is 0 Å². The molecule has 1 heterocycles. The number of fused-ring (bicyclic) bond motifs is 1. The fourth-order valence-electron chi connectivity index (χ4n) is 2.72. The van der Waals surface area contributed by atoms with E-state index in [9.17, 15) is 4.79 Å². The Kier molecular flexibility index (Phi) is 2.63. The fourth-order valence-corrected chi connectivity index (χ4v) is 2.72. The first kappa shape index (κ1) is 10.8. The summed E-state index contributed by atoms with van der Waals surface area (Å²) in [4.78, 5) is 14.6. The Morgan fingerprint density at radius 1 is 1.29 bits per heavy atom. The monoisotopic (exact) mass is 230 g/mol. The van der Waals surface area contributed by atoms with E-state index in [2.05, 4.69) is 28.4 Å². The second kappa shape index (κ2) is 4.15. The van der Waals surface area contributed by atoms with E-state index in [1.54, 1.807) is 0 Å². The Balaban J connectivity index is 1.98. The van der Waals surface area contributed by atoms with E-state index in [-0.39, 0.29) is 11.9 Å². The van der Waals surface area contributed by atoms with Gasteiger partial charge in [0.2, 0.25) is 5.91 Å². The normalized spacial score (nSPS) is 24.4. The number of benzene rings is 1. The second-order valence-electron chi connectivity index (χ2n) is 4.93. The SMILES string of the molecule is CNC1C(=O)N(C2CC2)CCc2ccccc21. The standard InChI is InChI=1S/C14H18N2O/c1-15-13-12-5-3-2-4-10(12)8-9-16(14(13)17)11-6-7-11/h2-5,11,13,15H,6-9H2,1H3. The third-order valence-corrected chi connectivity index (χ3v) is 3.79. The van der Waals surface area contributed by atoms with Crippen LogP contribution >= 0.6 is 0 Å². The minimum Gasteiger partial charge on any atom is -0.338 e. The average Bonchev–Trinajstić information content (AvgIpc) is 3.15. The van der Waals surface area contributed by atoms with Crippen molar-refractivity contribution in [3.05, 3.63) is 35.4 Å². The molecule has 3 heteroatoms. The zero-order valence-electron chi connectivity index (χ0n) is 10.1. The lowest BCUT2D eigenvalue weighted by Gasteiger charge is -2.24. The molecule has 1 aliphatic carbocycles. The predicted molar refractivity (Wildman–Crippen MR) is 66.7 cm³/mol. The molecule has 1 unspecified atom stereocenters. The first-order chi connectivity index (χ1) is 8.31. The molecule has 3 nitrogen and oxygen atoms in total. The van der Waals surface area contributed by atoms with Crippen LogP contribution in [0.1, 0.15) is 30.0 Å². The molecule has 1 aromatic rings. The molecule has 0 spiro atoms. The summed E-state index contributed by atoms with van der Waals surface area (Å²) in [5.41, 5.74) is 2.46. The van der Waals surface area contributed by atoms with Crippen LogP contribution in [0.15, 0.2) is 24.3 Å². The van der Waals surface area contributed by atoms with Gasteiger partial charge in [-0.15, -0.1) is 0 Å². The van der Waals surface area contributed by atoms with Crippen LogP contribution in [0, 0.1) is 0 Å². The van der Waals surface area contributed by atoms with Crippen LogP contribution in [0.25, 0.3) is 0 Å². The van der Waals surface area contributed by atoms with Crippen molar-refractivity contribution in [2.45, 2.75) is 31.3 Å². The van der Waals surface area contributed by atoms with Gasteiger partial charge in [0.15, 0.2) is 0 Å². The van der Waals surface area contributed by atoms with E-state index >= 15 is 0 Å². The van der Waals surface area contributed by atoms with Gasteiger partial charge in [0.25, 0.3) is 0 Å². The Hall–Kier alpha value is -1.35. The molecule has 1 aliphatic heterocycles. The lowest BCUT2D eigenvalue weighted by molar-refractivity contribution is -0.133. The van der Waals surface area contributed by atoms with Gasteiger partial charge in [0.1, 0.15) is 6.04 Å². The molecule has 3 rings (SSSR count). The van der Waals surface area contributed by atoms with Crippen LogP contribution in [0.4, 0.5) is 0 Å². The van der Waals surface area contributed by atoms with Crippen LogP contribution in [0.3, 0.4) is 0 Å². The van der Waals surface area contributed by atoms with Crippen molar-refractivity contribution in [3.8, 4) is 0 Å². The highest BCUT2D eigenvalue weighted by Crippen LogP contribution is 2.32. The van der Waals surface area contributed by atoms with E-state index in [1.165, 1.54) is 18.4 Å². The summed E-state index contributed by atoms with van der Waals surface area (Å²) in [6.07, 6.45) is 3.34. The number of rotatable bonds is 2. The summed E-state index contributed by atoms with van der Waals surface area (Å²) >= 11 is 0. The minimum atomic E-state index is -0.158. The summed E-state index contributed by atoms with van der Waals surface area (Å²) in [5, 5.41) is 3.17. The van der Waals surface area contributed by atoms with E-state index in [0.717, 1.165) is 18.5 Å². The molecule has 2 aliphatic rings. The van der Waals surface area contributed by atoms with Gasteiger partial charge in [-0.25, -0.2) is 0 Å². The quantitative estimate of drug-likeness (QED) is 0.835. The summed E-state index contributed by atoms with van der Waals surface area (Å²) in [7, 11) is 1.87. The molecule has 1 saturated carbocycles. The zero-order chi connectivity index (χ0) is 11.8. The van der Waals surface area contributed by atoms with Crippen LogP contribution in [-0.4, -0.2) is 30.4 Å². The molecule has 1 amide bonds. The first-order valence-electron chi connectivity index (χ1n) is 6.37. The lowest BCUT2D eigenvalue weighted by atomic mass is 9.99. The van der Waals surface area contributed by atoms with E-state index in [1.807, 2.05) is 13.1 Å². The minimum absolute atomic E-state index is 0.158. The molecule has 17 heavy (non-hydrogen) atoms. The van der Waals surface area contributed by atoms with Crippen molar-refractivity contribution in [2.24, 2.45) is 0 Å². The largest absolute Gasteiger partial charge is 0.338 e. The molecule has 0 aromatic heterocycles. The van der Waals surface area contributed by atoms with Gasteiger partial charge < -0.3 is 10.2 Å². The van der Waals surface area contributed by atoms with Gasteiger partial charge >= 0.3 is 0 Å². The highest BCUT2D eigenvalue weighted by molar-refractivity contribution is 5.85. The Morgan fingerprint density at radius 3 is 2.76 bits per heavy atom. The number of carbonyl (C=O) groups excluding carboxylic acids is 1. The van der Waals surface area contributed by atoms with Crippen molar-refractivity contribution in [1.82, 2.24) is 10.2 Å². The number of carbonyl (C=O) groups is 1. The summed E-state index contributed by atoms with van der Waals surface area (Å²) in [6.45, 7) is 0.874. The Bertz CT molecular complexity index is 440. The van der Waals surface area contributed by atoms with Gasteiger partial charge in [0, 0.05) is 12.6 Å². The molecule has 0 bridgehead atoms. The Morgan fingerprint density at radius 2 is 2.06 bits per heavy atom. The molecule has 1 N–H and O–H groups in total. The lowest BCUT2D eigenvalue weighted by Crippen LogP contribution is -2.40. The van der Waals surface area contributed by atoms with Crippen LogP contribution in [-0.2, 0) is 11.2 Å². The molecule has 0 saturated heterocycles. The van der Waals surface area contributed by atoms with Crippen molar-refractivity contribution in [3.63, 3.8) is 0 Å². The number of amides is 1. The molecule has 1 atom stereocenters. The van der Waals surface area contributed by atoms with Gasteiger partial charge in [0.05, 0.1) is 0 Å². The second-order valence-corrected chi connectivity index (χ2v) is 4.93. The zero-order valence-corrected chi connectivity index (χ0v) is 10.1. The maximum absolute atomic E-state index is 12.5. The molecular weight excluding hydrogens is 212 g/mol. The summed E-state index contributed by atoms with van der Waals surface area (Å²) < 4.78 is 0. The van der Waals surface area contributed by atoms with Crippen molar-refractivity contribution in [2.75, 3.05) is 13.6 Å². The number of hydrogen-bond acceptors (Lipinski definition) is 2. The number of nitrogens with one attached hydrogen (secondary N) is 1. The highest BCUT2D eigenvalue weighted by atomic mass is 16.2. The number of likely N-dealkylation sites (N-methyl/N-ethyl adjacent to an activating group) is 1. The molecule has 1 fully saturated rings. The molecule has 90 valence electrons. The maximum atomic E-state index is 12.5. The highest BCUT2D eigenvalue weighted by Gasteiger charge is 2.37. The van der Waals surface area contributed by atoms with Crippen molar-refractivity contribution in [1.29, 1.82) is 0 Å². The summed E-state index contributed by atoms with van der Waals surface area (Å²) in [5.74, 6) is 0.250. The number of hydrogen-bond donors (Lipinski definition) is 1. The fraction of sp³-hybridized carbons (Fsp3) is 0.500. The van der Waals surface area contributed by atoms with Crippen LogP contribution < -0.4 is 5.32 Å². The van der Waals surface area contributed by atoms with Gasteiger partial charge in [-0.05, 0) is 37.4 Å².